The monoisotopic (exact) mass is 267 g/mol. The number of benzene rings is 1. The molecule has 0 spiro atoms. The van der Waals surface area contributed by atoms with E-state index in [-0.39, 0.29) is 11.1 Å². The van der Waals surface area contributed by atoms with Crippen LogP contribution in [0, 0.1) is 0 Å². The molecular formula is C13H17NO3S. The van der Waals surface area contributed by atoms with Crippen molar-refractivity contribution in [3.05, 3.63) is 29.3 Å². The van der Waals surface area contributed by atoms with Gasteiger partial charge in [-0.05, 0) is 23.6 Å². The lowest BCUT2D eigenvalue weighted by atomic mass is 10.00. The molecule has 2 atom stereocenters. The van der Waals surface area contributed by atoms with Crippen LogP contribution in [0.5, 0.6) is 5.75 Å². The molecule has 0 radical (unpaired) electrons. The van der Waals surface area contributed by atoms with E-state index in [0.717, 1.165) is 11.1 Å². The van der Waals surface area contributed by atoms with E-state index in [1.165, 1.54) is 11.8 Å². The fourth-order valence-corrected chi connectivity index (χ4v) is 3.19. The second kappa shape index (κ2) is 5.20. The van der Waals surface area contributed by atoms with Crippen LogP contribution in [0.3, 0.4) is 0 Å². The van der Waals surface area contributed by atoms with Crippen LogP contribution in [-0.4, -0.2) is 28.0 Å². The van der Waals surface area contributed by atoms with Gasteiger partial charge < -0.3 is 10.2 Å². The van der Waals surface area contributed by atoms with Crippen LogP contribution in [0.2, 0.25) is 0 Å². The van der Waals surface area contributed by atoms with Crippen molar-refractivity contribution in [1.29, 1.82) is 0 Å². The molecule has 1 fully saturated rings. The number of nitrogens with one attached hydrogen (secondary N) is 1. The first-order valence-corrected chi connectivity index (χ1v) is 6.97. The highest BCUT2D eigenvalue weighted by Gasteiger charge is 2.31. The van der Waals surface area contributed by atoms with E-state index in [1.807, 2.05) is 12.1 Å². The Morgan fingerprint density at radius 2 is 2.22 bits per heavy atom. The number of carboxylic acid groups (broad SMARTS) is 1. The van der Waals surface area contributed by atoms with Gasteiger partial charge in [-0.1, -0.05) is 19.9 Å². The van der Waals surface area contributed by atoms with Crippen molar-refractivity contribution in [2.75, 3.05) is 5.75 Å². The van der Waals surface area contributed by atoms with Gasteiger partial charge in [0.2, 0.25) is 0 Å². The molecule has 1 saturated heterocycles. The summed E-state index contributed by atoms with van der Waals surface area (Å²) in [7, 11) is 0. The number of hydrogen-bond donors (Lipinski definition) is 3. The summed E-state index contributed by atoms with van der Waals surface area (Å²) in [5.41, 5.74) is 1.92. The number of phenols is 1. The van der Waals surface area contributed by atoms with Crippen molar-refractivity contribution in [3.8, 4) is 5.75 Å². The molecule has 0 aliphatic carbocycles. The Hall–Kier alpha value is -1.20. The average Bonchev–Trinajstić information content (AvgIpc) is 2.78. The van der Waals surface area contributed by atoms with Crippen LogP contribution in [0.15, 0.2) is 18.2 Å². The van der Waals surface area contributed by atoms with Crippen LogP contribution >= 0.6 is 11.8 Å². The Morgan fingerprint density at radius 3 is 2.78 bits per heavy atom. The number of aromatic hydroxyl groups is 1. The average molecular weight is 267 g/mol. The number of phenolic OH excluding ortho intramolecular Hbond substituents is 1. The molecule has 1 aromatic carbocycles. The summed E-state index contributed by atoms with van der Waals surface area (Å²) in [6.07, 6.45) is 0. The highest BCUT2D eigenvalue weighted by molar-refractivity contribution is 7.99. The Morgan fingerprint density at radius 1 is 1.50 bits per heavy atom. The van der Waals surface area contributed by atoms with Crippen molar-refractivity contribution < 1.29 is 15.0 Å². The highest BCUT2D eigenvalue weighted by Crippen LogP contribution is 2.38. The van der Waals surface area contributed by atoms with Gasteiger partial charge in [0.05, 0.1) is 5.37 Å². The van der Waals surface area contributed by atoms with Gasteiger partial charge in [-0.15, -0.1) is 11.8 Å². The van der Waals surface area contributed by atoms with Crippen LogP contribution in [0.4, 0.5) is 0 Å². The van der Waals surface area contributed by atoms with Gasteiger partial charge in [-0.3, -0.25) is 10.1 Å². The lowest BCUT2D eigenvalue weighted by Crippen LogP contribution is -2.33. The first-order valence-electron chi connectivity index (χ1n) is 5.92. The number of carbonyl (C=O) groups is 1. The van der Waals surface area contributed by atoms with Crippen molar-refractivity contribution in [2.24, 2.45) is 0 Å². The second-order valence-corrected chi connectivity index (χ2v) is 5.88. The van der Waals surface area contributed by atoms with Gasteiger partial charge in [-0.25, -0.2) is 0 Å². The van der Waals surface area contributed by atoms with E-state index in [0.29, 0.717) is 11.7 Å². The molecule has 5 heteroatoms. The third-order valence-corrected chi connectivity index (χ3v) is 4.33. The molecule has 0 saturated carbocycles. The smallest absolute Gasteiger partial charge is 0.321 e. The third kappa shape index (κ3) is 2.62. The molecule has 98 valence electrons. The molecular weight excluding hydrogens is 250 g/mol. The highest BCUT2D eigenvalue weighted by atomic mass is 32.2. The molecule has 1 aromatic rings. The maximum absolute atomic E-state index is 10.9. The number of aliphatic carboxylic acids is 1. The number of hydrogen-bond acceptors (Lipinski definition) is 4. The summed E-state index contributed by atoms with van der Waals surface area (Å²) in [5, 5.41) is 21.7. The molecule has 4 nitrogen and oxygen atoms in total. The van der Waals surface area contributed by atoms with E-state index in [1.54, 1.807) is 6.07 Å². The SMILES string of the molecule is CC(C)c1ccc(O)c(C2NC(C(=O)O)CS2)c1. The third-order valence-electron chi connectivity index (χ3n) is 3.08. The summed E-state index contributed by atoms with van der Waals surface area (Å²) in [5.74, 6) is 0.275. The summed E-state index contributed by atoms with van der Waals surface area (Å²) < 4.78 is 0. The molecule has 1 heterocycles. The lowest BCUT2D eigenvalue weighted by molar-refractivity contribution is -0.138. The molecule has 0 aromatic heterocycles. The number of carboxylic acids is 1. The summed E-state index contributed by atoms with van der Waals surface area (Å²) in [4.78, 5) is 10.9. The summed E-state index contributed by atoms with van der Waals surface area (Å²) >= 11 is 1.51. The number of thioether (sulfide) groups is 1. The van der Waals surface area contributed by atoms with E-state index < -0.39 is 12.0 Å². The molecule has 3 N–H and O–H groups in total. The van der Waals surface area contributed by atoms with Crippen molar-refractivity contribution in [1.82, 2.24) is 5.32 Å². The first-order chi connectivity index (χ1) is 8.49. The van der Waals surface area contributed by atoms with E-state index in [9.17, 15) is 9.90 Å². The Bertz CT molecular complexity index is 462. The predicted octanol–water partition coefficient (Wildman–Crippen LogP) is 2.30. The van der Waals surface area contributed by atoms with Gasteiger partial charge in [0.1, 0.15) is 11.8 Å². The van der Waals surface area contributed by atoms with Gasteiger partial charge >= 0.3 is 5.97 Å². The molecule has 0 amide bonds. The van der Waals surface area contributed by atoms with Crippen LogP contribution in [0.25, 0.3) is 0 Å². The first kappa shape index (κ1) is 13.2. The van der Waals surface area contributed by atoms with E-state index in [4.69, 9.17) is 5.11 Å². The zero-order valence-electron chi connectivity index (χ0n) is 10.4. The fourth-order valence-electron chi connectivity index (χ4n) is 1.94. The summed E-state index contributed by atoms with van der Waals surface area (Å²) in [6, 6.07) is 5.00. The van der Waals surface area contributed by atoms with Gasteiger partial charge in [0.15, 0.2) is 0 Å². The number of rotatable bonds is 3. The standard InChI is InChI=1S/C13H17NO3S/c1-7(2)8-3-4-11(15)9(5-8)12-14-10(6-18-12)13(16)17/h3-5,7,10,12,14-15H,6H2,1-2H3,(H,16,17). The zero-order valence-corrected chi connectivity index (χ0v) is 11.2. The quantitative estimate of drug-likeness (QED) is 0.784. The molecule has 2 rings (SSSR count). The van der Waals surface area contributed by atoms with Crippen molar-refractivity contribution >= 4 is 17.7 Å². The minimum atomic E-state index is -0.843. The molecule has 1 aliphatic heterocycles. The lowest BCUT2D eigenvalue weighted by Gasteiger charge is -2.15. The van der Waals surface area contributed by atoms with E-state index in [2.05, 4.69) is 19.2 Å². The Balaban J connectivity index is 2.23. The van der Waals surface area contributed by atoms with Crippen LogP contribution < -0.4 is 5.32 Å². The fraction of sp³-hybridized carbons (Fsp3) is 0.462. The van der Waals surface area contributed by atoms with Gasteiger partial charge in [0.25, 0.3) is 0 Å². The molecule has 0 bridgehead atoms. The molecule has 18 heavy (non-hydrogen) atoms. The van der Waals surface area contributed by atoms with Crippen LogP contribution in [0.1, 0.15) is 36.3 Å². The normalized spacial score (nSPS) is 23.5. The predicted molar refractivity (Wildman–Crippen MR) is 72.0 cm³/mol. The van der Waals surface area contributed by atoms with Gasteiger partial charge in [-0.2, -0.15) is 0 Å². The molecule has 2 unspecified atom stereocenters. The minimum absolute atomic E-state index is 0.148. The summed E-state index contributed by atoms with van der Waals surface area (Å²) in [6.45, 7) is 4.18. The van der Waals surface area contributed by atoms with Crippen LogP contribution in [-0.2, 0) is 4.79 Å². The Labute approximate surface area is 110 Å². The zero-order chi connectivity index (χ0) is 13.3. The van der Waals surface area contributed by atoms with Crippen molar-refractivity contribution in [3.63, 3.8) is 0 Å². The topological polar surface area (TPSA) is 69.6 Å². The largest absolute Gasteiger partial charge is 0.508 e. The van der Waals surface area contributed by atoms with E-state index >= 15 is 0 Å². The Kier molecular flexibility index (Phi) is 3.82. The molecule has 1 aliphatic rings. The maximum Gasteiger partial charge on any atom is 0.321 e. The maximum atomic E-state index is 10.9. The second-order valence-electron chi connectivity index (χ2n) is 4.74. The van der Waals surface area contributed by atoms with Crippen molar-refractivity contribution in [2.45, 2.75) is 31.2 Å². The minimum Gasteiger partial charge on any atom is -0.508 e. The van der Waals surface area contributed by atoms with Gasteiger partial charge in [0, 0.05) is 11.3 Å².